The van der Waals surface area contributed by atoms with Crippen molar-refractivity contribution in [2.75, 3.05) is 0 Å². The molecule has 0 saturated carbocycles. The first kappa shape index (κ1) is 18.3. The number of unbranched alkanes of at least 4 members (excludes halogenated alkanes) is 8. The summed E-state index contributed by atoms with van der Waals surface area (Å²) in [6.45, 7) is 9.25. The van der Waals surface area contributed by atoms with Crippen LogP contribution in [0.15, 0.2) is 12.4 Å². The quantitative estimate of drug-likeness (QED) is 0.346. The molecule has 0 bridgehead atoms. The maximum absolute atomic E-state index is 2.48. The van der Waals surface area contributed by atoms with E-state index in [1.165, 1.54) is 83.1 Å². The zero-order valence-corrected chi connectivity index (χ0v) is 14.7. The minimum Gasteiger partial charge on any atom is -0.234 e. The molecule has 0 aliphatic heterocycles. The second-order valence-electron chi connectivity index (χ2n) is 6.28. The van der Waals surface area contributed by atoms with Crippen molar-refractivity contribution in [3.8, 4) is 0 Å². The molecule has 0 aliphatic carbocycles. The summed E-state index contributed by atoms with van der Waals surface area (Å²) in [5, 5.41) is 0. The van der Waals surface area contributed by atoms with Crippen LogP contribution in [0.4, 0.5) is 0 Å². The molecule has 0 fully saturated rings. The van der Waals surface area contributed by atoms with E-state index in [1.54, 1.807) is 0 Å². The van der Waals surface area contributed by atoms with Crippen LogP contribution >= 0.6 is 0 Å². The van der Waals surface area contributed by atoms with E-state index in [-0.39, 0.29) is 0 Å². The Labute approximate surface area is 132 Å². The zero-order valence-electron chi connectivity index (χ0n) is 14.7. The van der Waals surface area contributed by atoms with E-state index in [0.29, 0.717) is 0 Å². The van der Waals surface area contributed by atoms with E-state index in [0.717, 1.165) is 6.42 Å². The van der Waals surface area contributed by atoms with Crippen LogP contribution in [0.5, 0.6) is 0 Å². The van der Waals surface area contributed by atoms with Gasteiger partial charge in [-0.2, -0.15) is 0 Å². The average molecular weight is 294 g/mol. The number of hydrogen-bond donors (Lipinski definition) is 0. The van der Waals surface area contributed by atoms with Gasteiger partial charge < -0.3 is 0 Å². The summed E-state index contributed by atoms with van der Waals surface area (Å²) >= 11 is 0. The molecule has 1 rings (SSSR count). The summed E-state index contributed by atoms with van der Waals surface area (Å²) in [6.07, 6.45) is 19.5. The van der Waals surface area contributed by atoms with Gasteiger partial charge in [0.25, 0.3) is 5.82 Å². The fourth-order valence-corrected chi connectivity index (χ4v) is 3.08. The zero-order chi connectivity index (χ0) is 15.3. The van der Waals surface area contributed by atoms with Crippen LogP contribution in [0, 0.1) is 0 Å². The number of aromatic nitrogens is 2. The van der Waals surface area contributed by atoms with Gasteiger partial charge in [-0.25, -0.2) is 9.13 Å². The normalized spacial score (nSPS) is 11.2. The number of imidazole rings is 1. The van der Waals surface area contributed by atoms with Crippen molar-refractivity contribution in [3.05, 3.63) is 18.2 Å². The largest absolute Gasteiger partial charge is 0.256 e. The van der Waals surface area contributed by atoms with E-state index in [9.17, 15) is 0 Å². The lowest BCUT2D eigenvalue weighted by Crippen LogP contribution is -2.37. The van der Waals surface area contributed by atoms with Crippen molar-refractivity contribution in [1.29, 1.82) is 0 Å². The number of rotatable bonds is 13. The van der Waals surface area contributed by atoms with E-state index >= 15 is 0 Å². The molecule has 0 N–H and O–H groups in total. The SMILES string of the molecule is CCCCCCCCC[n+]1ccn(CCCCC)c1CC. The van der Waals surface area contributed by atoms with E-state index in [1.807, 2.05) is 0 Å². The molecule has 1 aromatic heterocycles. The second kappa shape index (κ2) is 11.8. The van der Waals surface area contributed by atoms with Crippen LogP contribution in [0.3, 0.4) is 0 Å². The first-order valence-corrected chi connectivity index (χ1v) is 9.40. The maximum Gasteiger partial charge on any atom is 0.256 e. The first-order valence-electron chi connectivity index (χ1n) is 9.40. The minimum atomic E-state index is 1.15. The lowest BCUT2D eigenvalue weighted by molar-refractivity contribution is -0.704. The van der Waals surface area contributed by atoms with Gasteiger partial charge in [-0.15, -0.1) is 0 Å². The Morgan fingerprint density at radius 1 is 0.810 bits per heavy atom. The third kappa shape index (κ3) is 7.15. The Balaban J connectivity index is 2.27. The van der Waals surface area contributed by atoms with E-state index < -0.39 is 0 Å². The van der Waals surface area contributed by atoms with E-state index in [2.05, 4.69) is 42.3 Å². The summed E-state index contributed by atoms with van der Waals surface area (Å²) in [7, 11) is 0. The molecule has 2 nitrogen and oxygen atoms in total. The Bertz CT molecular complexity index is 354. The Morgan fingerprint density at radius 3 is 2.10 bits per heavy atom. The highest BCUT2D eigenvalue weighted by Gasteiger charge is 2.14. The molecule has 0 spiro atoms. The number of nitrogens with zero attached hydrogens (tertiary/aromatic N) is 2. The molecule has 122 valence electrons. The molecule has 0 unspecified atom stereocenters. The summed E-state index contributed by atoms with van der Waals surface area (Å²) in [5.74, 6) is 1.51. The predicted octanol–water partition coefficient (Wildman–Crippen LogP) is 5.28. The molecular weight excluding hydrogens is 256 g/mol. The highest BCUT2D eigenvalue weighted by Crippen LogP contribution is 2.08. The average Bonchev–Trinajstić information content (AvgIpc) is 2.88. The van der Waals surface area contributed by atoms with Gasteiger partial charge in [0.1, 0.15) is 12.4 Å². The molecule has 0 aromatic carbocycles. The van der Waals surface area contributed by atoms with Gasteiger partial charge in [-0.1, -0.05) is 59.3 Å². The van der Waals surface area contributed by atoms with Gasteiger partial charge in [0.15, 0.2) is 0 Å². The molecule has 21 heavy (non-hydrogen) atoms. The van der Waals surface area contributed by atoms with Crippen molar-refractivity contribution >= 4 is 0 Å². The molecule has 2 heteroatoms. The molecule has 0 saturated heterocycles. The standard InChI is InChI=1S/C19H37N2/c1-4-7-9-10-11-12-14-16-21-18-17-20(19(21)6-3)15-13-8-5-2/h17-18H,4-16H2,1-3H3/q+1. The van der Waals surface area contributed by atoms with Crippen LogP contribution < -0.4 is 4.57 Å². The maximum atomic E-state index is 2.48. The van der Waals surface area contributed by atoms with Crippen LogP contribution in [0.2, 0.25) is 0 Å². The molecule has 0 atom stereocenters. The topological polar surface area (TPSA) is 8.81 Å². The third-order valence-electron chi connectivity index (χ3n) is 4.41. The molecule has 1 aromatic rings. The van der Waals surface area contributed by atoms with E-state index in [4.69, 9.17) is 0 Å². The second-order valence-corrected chi connectivity index (χ2v) is 6.28. The van der Waals surface area contributed by atoms with Crippen molar-refractivity contribution in [3.63, 3.8) is 0 Å². The molecule has 0 aliphatic rings. The Kier molecular flexibility index (Phi) is 10.3. The molecular formula is C19H37N2+. The highest BCUT2D eigenvalue weighted by molar-refractivity contribution is 4.82. The smallest absolute Gasteiger partial charge is 0.234 e. The van der Waals surface area contributed by atoms with Crippen molar-refractivity contribution in [2.24, 2.45) is 0 Å². The molecule has 0 amide bonds. The molecule has 1 heterocycles. The van der Waals surface area contributed by atoms with Crippen molar-refractivity contribution in [1.82, 2.24) is 4.57 Å². The van der Waals surface area contributed by atoms with Gasteiger partial charge in [-0.3, -0.25) is 0 Å². The van der Waals surface area contributed by atoms with Gasteiger partial charge >= 0.3 is 0 Å². The lowest BCUT2D eigenvalue weighted by Gasteiger charge is -2.04. The lowest BCUT2D eigenvalue weighted by atomic mass is 10.1. The van der Waals surface area contributed by atoms with Gasteiger partial charge in [0.05, 0.1) is 13.1 Å². The van der Waals surface area contributed by atoms with Gasteiger partial charge in [0.2, 0.25) is 0 Å². The van der Waals surface area contributed by atoms with Crippen LogP contribution in [0.1, 0.15) is 90.8 Å². The van der Waals surface area contributed by atoms with Crippen LogP contribution in [-0.2, 0) is 19.5 Å². The van der Waals surface area contributed by atoms with Gasteiger partial charge in [0, 0.05) is 6.42 Å². The summed E-state index contributed by atoms with van der Waals surface area (Å²) in [6, 6.07) is 0. The predicted molar refractivity (Wildman–Crippen MR) is 91.5 cm³/mol. The van der Waals surface area contributed by atoms with Gasteiger partial charge in [-0.05, 0) is 25.7 Å². The van der Waals surface area contributed by atoms with Crippen molar-refractivity contribution < 1.29 is 4.57 Å². The number of hydrogen-bond acceptors (Lipinski definition) is 0. The third-order valence-corrected chi connectivity index (χ3v) is 4.41. The van der Waals surface area contributed by atoms with Crippen LogP contribution in [-0.4, -0.2) is 4.57 Å². The summed E-state index contributed by atoms with van der Waals surface area (Å²) < 4.78 is 4.95. The summed E-state index contributed by atoms with van der Waals surface area (Å²) in [5.41, 5.74) is 0. The fraction of sp³-hybridized carbons (Fsp3) is 0.842. The first-order chi connectivity index (χ1) is 10.3. The number of aryl methyl sites for hydroxylation is 2. The minimum absolute atomic E-state index is 1.15. The van der Waals surface area contributed by atoms with Crippen molar-refractivity contribution in [2.45, 2.75) is 104 Å². The molecule has 0 radical (unpaired) electrons. The summed E-state index contributed by atoms with van der Waals surface area (Å²) in [4.78, 5) is 0. The monoisotopic (exact) mass is 293 g/mol. The Morgan fingerprint density at radius 2 is 1.43 bits per heavy atom. The highest BCUT2D eigenvalue weighted by atomic mass is 15.1. The Hall–Kier alpha value is -0.790. The van der Waals surface area contributed by atoms with Crippen LogP contribution in [0.25, 0.3) is 0 Å². The fourth-order valence-electron chi connectivity index (χ4n) is 3.08.